The molecule has 446 valence electrons. The number of ether oxygens (including phenoxy) is 4. The molecule has 0 bridgehead atoms. The average molecular weight is 1190 g/mol. The zero-order valence-electron chi connectivity index (χ0n) is 47.3. The van der Waals surface area contributed by atoms with Gasteiger partial charge >= 0.3 is 23.3 Å². The van der Waals surface area contributed by atoms with Gasteiger partial charge < -0.3 is 59.0 Å². The van der Waals surface area contributed by atoms with E-state index in [9.17, 15) is 57.5 Å². The van der Waals surface area contributed by atoms with Gasteiger partial charge in [0.25, 0.3) is 34.7 Å². The Kier molecular flexibility index (Phi) is 16.9. The van der Waals surface area contributed by atoms with E-state index in [1.165, 1.54) is 60.7 Å². The molecular weight excluding hydrogens is 1140 g/mol. The largest absolute Gasteiger partial charge is 0.484 e. The molecule has 26 heteroatoms. The summed E-state index contributed by atoms with van der Waals surface area (Å²) in [5, 5.41) is 11.2. The number of hydrogen-bond acceptors (Lipinski definition) is 16. The highest BCUT2D eigenvalue weighted by Crippen LogP contribution is 2.33. The smallest absolute Gasteiger partial charge is 0.329 e. The maximum Gasteiger partial charge on any atom is 0.329 e. The van der Waals surface area contributed by atoms with Gasteiger partial charge in [0.05, 0.1) is 69.8 Å². The number of nitrogens with one attached hydrogen (secondary N) is 6. The predicted molar refractivity (Wildman–Crippen MR) is 319 cm³/mol. The fourth-order valence-corrected chi connectivity index (χ4v) is 9.91. The number of esters is 2. The molecule has 0 aliphatic heterocycles. The molecule has 6 N–H and O–H groups in total. The Hall–Kier alpha value is -12.0. The van der Waals surface area contributed by atoms with Crippen molar-refractivity contribution >= 4 is 91.3 Å². The molecule has 0 fully saturated rings. The number of methoxy groups -OCH3 is 2. The summed E-state index contributed by atoms with van der Waals surface area (Å²) >= 11 is 0. The molecule has 0 saturated heterocycles. The van der Waals surface area contributed by atoms with Gasteiger partial charge in [-0.25, -0.2) is 18.7 Å². The third-order valence-corrected chi connectivity index (χ3v) is 14.3. The Morgan fingerprint density at radius 3 is 1.28 bits per heavy atom. The monoisotopic (exact) mass is 1190 g/mol. The number of ketones is 2. The Morgan fingerprint density at radius 1 is 0.477 bits per heavy atom. The predicted octanol–water partition coefficient (Wildman–Crippen LogP) is 3.82. The second-order valence-electron chi connectivity index (χ2n) is 19.8. The Bertz CT molecular complexity index is 4510. The summed E-state index contributed by atoms with van der Waals surface area (Å²) in [6.07, 6.45) is 3.30. The quantitative estimate of drug-likeness (QED) is 0.0338. The van der Waals surface area contributed by atoms with Crippen LogP contribution in [0.3, 0.4) is 0 Å². The van der Waals surface area contributed by atoms with Crippen molar-refractivity contribution in [2.24, 2.45) is 0 Å². The number of carbonyl (C=O) groups excluding carboxylic acids is 8. The van der Waals surface area contributed by atoms with Crippen LogP contribution >= 0.6 is 0 Å². The third-order valence-electron chi connectivity index (χ3n) is 14.3. The molecule has 0 unspecified atom stereocenters. The van der Waals surface area contributed by atoms with Gasteiger partial charge in [0.1, 0.15) is 24.6 Å². The molecule has 0 atom stereocenters. The molecule has 10 aromatic rings. The minimum Gasteiger partial charge on any atom is -0.484 e. The van der Waals surface area contributed by atoms with Crippen LogP contribution in [0, 0.1) is 13.8 Å². The molecular formula is C62H52N10O16. The third kappa shape index (κ3) is 12.1. The lowest BCUT2D eigenvalue weighted by molar-refractivity contribution is -0.142. The first-order valence-electron chi connectivity index (χ1n) is 26.9. The van der Waals surface area contributed by atoms with Gasteiger partial charge in [0.2, 0.25) is 11.6 Å². The van der Waals surface area contributed by atoms with Crippen molar-refractivity contribution in [3.8, 4) is 11.5 Å². The molecule has 4 amide bonds. The van der Waals surface area contributed by atoms with E-state index in [-0.39, 0.29) is 80.0 Å². The molecule has 4 aromatic carbocycles. The zero-order chi connectivity index (χ0) is 62.5. The summed E-state index contributed by atoms with van der Waals surface area (Å²) in [5.41, 5.74) is 0.403. The molecule has 10 rings (SSSR count). The molecule has 0 saturated carbocycles. The van der Waals surface area contributed by atoms with E-state index in [0.717, 1.165) is 14.2 Å². The molecule has 6 heterocycles. The number of pyridine rings is 2. The topological polar surface area (TPSA) is 340 Å². The maximum absolute atomic E-state index is 14.2. The van der Waals surface area contributed by atoms with Crippen LogP contribution in [0.4, 0.5) is 11.4 Å². The number of carbonyl (C=O) groups is 8. The average Bonchev–Trinajstić information content (AvgIpc) is 1.69. The first-order valence-corrected chi connectivity index (χ1v) is 26.9. The van der Waals surface area contributed by atoms with Crippen molar-refractivity contribution in [1.29, 1.82) is 0 Å². The van der Waals surface area contributed by atoms with E-state index < -0.39 is 95.9 Å². The van der Waals surface area contributed by atoms with Crippen molar-refractivity contribution in [3.63, 3.8) is 0 Å². The number of hydrogen-bond donors (Lipinski definition) is 6. The molecule has 0 spiro atoms. The Morgan fingerprint density at radius 2 is 0.886 bits per heavy atom. The number of rotatable bonds is 21. The van der Waals surface area contributed by atoms with Crippen LogP contribution in [0.5, 0.6) is 11.5 Å². The van der Waals surface area contributed by atoms with E-state index in [1.54, 1.807) is 95.7 Å². The second kappa shape index (κ2) is 25.1. The van der Waals surface area contributed by atoms with Crippen molar-refractivity contribution in [2.75, 3.05) is 51.2 Å². The molecule has 88 heavy (non-hydrogen) atoms. The van der Waals surface area contributed by atoms with Crippen LogP contribution in [-0.4, -0.2) is 116 Å². The molecule has 26 nitrogen and oxygen atoms in total. The number of aromatic nitrogens is 6. The molecule has 0 aliphatic rings. The van der Waals surface area contributed by atoms with Gasteiger partial charge in [0, 0.05) is 58.9 Å². The van der Waals surface area contributed by atoms with Gasteiger partial charge in [-0.05, 0) is 98.8 Å². The standard InChI is InChI=1S/C62H52N10O16/c1-33-51(45-15-5-7-23-69(45)53(33)55(77)35-17-19-41-43(27-35)65-61(83)71(59(41)81)29-49(75)85-3)67-57(79)37-11-9-13-39(25-37)87-31-47(73)63-21-22-64-48(74)32-88-40-14-10-12-38(26-40)58(80)68-52-34(2)54(70-24-8-6-16-46(52)70)56(78)36-18-20-42-44(28-36)66-62(84)72(60(42)82)30-50(76)86-4/h5-20,23-28H,21-22,29-32H2,1-4H3,(H,63,73)(H,64,74)(H,65,83)(H,66,84)(H,67,79)(H,68,80). The number of aromatic amines is 2. The normalized spacial score (nSPS) is 11.1. The van der Waals surface area contributed by atoms with Gasteiger partial charge in [-0.1, -0.05) is 36.4 Å². The van der Waals surface area contributed by atoms with E-state index in [4.69, 9.17) is 9.47 Å². The number of fused-ring (bicyclic) bond motifs is 4. The van der Waals surface area contributed by atoms with E-state index in [1.807, 2.05) is 0 Å². The van der Waals surface area contributed by atoms with Crippen LogP contribution < -0.4 is 53.2 Å². The van der Waals surface area contributed by atoms with Gasteiger partial charge in [-0.15, -0.1) is 0 Å². The SMILES string of the molecule is COC(=O)Cn1c(=O)[nH]c2cc(C(=O)c3c(C)c(NC(=O)c4cccc(OCC(=O)NCCNC(=O)COc5cccc(C(=O)Nc6c(C)c(C(=O)c7ccc8c(=O)n(CC(=O)OC)c(=O)[nH]c8c7)n7ccccc67)c5)c4)c4ccccn34)ccc2c1=O. The summed E-state index contributed by atoms with van der Waals surface area (Å²) in [5.74, 6) is -4.32. The first-order chi connectivity index (χ1) is 42.3. The van der Waals surface area contributed by atoms with Crippen LogP contribution in [0.25, 0.3) is 32.8 Å². The maximum atomic E-state index is 14.2. The first kappa shape index (κ1) is 59.2. The number of anilines is 2. The zero-order valence-corrected chi connectivity index (χ0v) is 47.3. The van der Waals surface area contributed by atoms with E-state index >= 15 is 0 Å². The summed E-state index contributed by atoms with van der Waals surface area (Å²) in [7, 11) is 2.26. The van der Waals surface area contributed by atoms with Crippen LogP contribution in [0.1, 0.15) is 63.9 Å². The highest BCUT2D eigenvalue weighted by atomic mass is 16.5. The molecule has 0 aliphatic carbocycles. The minimum absolute atomic E-state index is 0.0218. The lowest BCUT2D eigenvalue weighted by Gasteiger charge is -2.11. The summed E-state index contributed by atoms with van der Waals surface area (Å²) in [6, 6.07) is 30.8. The van der Waals surface area contributed by atoms with Crippen molar-refractivity contribution in [2.45, 2.75) is 26.9 Å². The van der Waals surface area contributed by atoms with Crippen molar-refractivity contribution in [3.05, 3.63) is 220 Å². The van der Waals surface area contributed by atoms with Crippen molar-refractivity contribution in [1.82, 2.24) is 38.5 Å². The Labute approximate surface area is 495 Å². The van der Waals surface area contributed by atoms with Crippen molar-refractivity contribution < 1.29 is 57.3 Å². The minimum atomic E-state index is -0.866. The molecule has 0 radical (unpaired) electrons. The fourth-order valence-electron chi connectivity index (χ4n) is 9.91. The lowest BCUT2D eigenvalue weighted by atomic mass is 10.0. The summed E-state index contributed by atoms with van der Waals surface area (Å²) in [4.78, 5) is 162. The number of nitrogens with zero attached hydrogens (tertiary/aromatic N) is 4. The fraction of sp³-hybridized carbons (Fsp3) is 0.161. The van der Waals surface area contributed by atoms with Crippen LogP contribution in [0.15, 0.2) is 153 Å². The number of amides is 4. The summed E-state index contributed by atoms with van der Waals surface area (Å²) < 4.78 is 25.2. The highest BCUT2D eigenvalue weighted by Gasteiger charge is 2.27. The lowest BCUT2D eigenvalue weighted by Crippen LogP contribution is -2.38. The second-order valence-corrected chi connectivity index (χ2v) is 19.8. The number of benzene rings is 4. The molecule has 6 aromatic heterocycles. The van der Waals surface area contributed by atoms with Crippen LogP contribution in [-0.2, 0) is 41.7 Å². The van der Waals surface area contributed by atoms with E-state index in [2.05, 4.69) is 40.7 Å². The van der Waals surface area contributed by atoms with Gasteiger partial charge in [0.15, 0.2) is 13.2 Å². The van der Waals surface area contributed by atoms with Gasteiger partial charge in [-0.2, -0.15) is 0 Å². The van der Waals surface area contributed by atoms with E-state index in [0.29, 0.717) is 42.7 Å². The number of H-pyrrole nitrogens is 2. The highest BCUT2D eigenvalue weighted by molar-refractivity contribution is 6.16. The van der Waals surface area contributed by atoms with Gasteiger partial charge in [-0.3, -0.25) is 47.9 Å². The Balaban J connectivity index is 0.701. The summed E-state index contributed by atoms with van der Waals surface area (Å²) in [6.45, 7) is 1.30. The van der Waals surface area contributed by atoms with Crippen LogP contribution in [0.2, 0.25) is 0 Å².